The molecule has 3 saturated heterocycles. The fraction of sp³-hybridized carbons (Fsp3) is 0.746. The predicted molar refractivity (Wildman–Crippen MR) is 302 cm³/mol. The van der Waals surface area contributed by atoms with Crippen LogP contribution in [0.4, 0.5) is 0 Å². The highest BCUT2D eigenvalue weighted by atomic mass is 16.8. The van der Waals surface area contributed by atoms with Crippen molar-refractivity contribution in [2.24, 2.45) is 79.8 Å². The Hall–Kier alpha value is -3.37. The van der Waals surface area contributed by atoms with Gasteiger partial charge in [0.05, 0.1) is 60.6 Å². The zero-order valence-electron chi connectivity index (χ0n) is 50.3. The number of fused-ring (bicyclic) bond motifs is 7. The van der Waals surface area contributed by atoms with Gasteiger partial charge < -0.3 is 52.9 Å². The highest BCUT2D eigenvalue weighted by Crippen LogP contribution is 2.76. The molecule has 5 aliphatic carbocycles. The van der Waals surface area contributed by atoms with E-state index in [4.69, 9.17) is 37.9 Å². The Morgan fingerprint density at radius 1 is 0.713 bits per heavy atom. The van der Waals surface area contributed by atoms with Crippen LogP contribution in [-0.2, 0) is 54.1 Å². The van der Waals surface area contributed by atoms with Crippen LogP contribution >= 0.6 is 0 Å². The highest BCUT2D eigenvalue weighted by molar-refractivity contribution is 5.89. The molecule has 2 N–H and O–H groups in total. The number of aliphatic hydroxyl groups is 2. The van der Waals surface area contributed by atoms with E-state index in [1.54, 1.807) is 38.1 Å². The van der Waals surface area contributed by atoms with Gasteiger partial charge in [0.15, 0.2) is 25.0 Å². The highest BCUT2D eigenvalue weighted by Gasteiger charge is 2.71. The molecule has 0 aromatic heterocycles. The van der Waals surface area contributed by atoms with Crippen LogP contribution < -0.4 is 0 Å². The van der Waals surface area contributed by atoms with Crippen LogP contribution in [0.25, 0.3) is 0 Å². The molecule has 2 aromatic carbocycles. The predicted octanol–water partition coefficient (Wildman–Crippen LogP) is 11.5. The number of hydrogen-bond donors (Lipinski definition) is 2. The molecule has 0 bridgehead atoms. The van der Waals surface area contributed by atoms with Crippen LogP contribution in [0.5, 0.6) is 0 Å². The summed E-state index contributed by atoms with van der Waals surface area (Å²) >= 11 is 0. The van der Waals surface area contributed by atoms with Gasteiger partial charge >= 0.3 is 5.97 Å². The smallest absolute Gasteiger partial charge is 0.338 e. The van der Waals surface area contributed by atoms with E-state index >= 15 is 0 Å². The van der Waals surface area contributed by atoms with Gasteiger partial charge in [-0.25, -0.2) is 4.79 Å². The number of aldehydes is 1. The summed E-state index contributed by atoms with van der Waals surface area (Å²) < 4.78 is 54.7. The molecule has 4 saturated carbocycles. The maximum absolute atomic E-state index is 14.3. The summed E-state index contributed by atoms with van der Waals surface area (Å²) in [5.41, 5.74) is 0.274. The van der Waals surface area contributed by atoms with Gasteiger partial charge in [-0.05, 0) is 146 Å². The molecular formula is C67H96O13. The number of aliphatic hydroxyl groups excluding tert-OH is 2. The lowest BCUT2D eigenvalue weighted by molar-refractivity contribution is -0.385. The van der Waals surface area contributed by atoms with Crippen molar-refractivity contribution in [3.8, 4) is 0 Å². The molecular weight excluding hydrogens is 1010 g/mol. The fourth-order valence-corrected chi connectivity index (χ4v) is 17.8. The van der Waals surface area contributed by atoms with Crippen molar-refractivity contribution in [1.82, 2.24) is 0 Å². The summed E-state index contributed by atoms with van der Waals surface area (Å²) in [6.45, 7) is 29.1. The number of ketones is 1. The molecule has 24 atom stereocenters. The normalized spacial score (nSPS) is 47.0. The Morgan fingerprint density at radius 3 is 2.08 bits per heavy atom. The monoisotopic (exact) mass is 1110 g/mol. The molecule has 80 heavy (non-hydrogen) atoms. The van der Waals surface area contributed by atoms with Crippen molar-refractivity contribution in [2.75, 3.05) is 13.2 Å². The summed E-state index contributed by atoms with van der Waals surface area (Å²) in [6, 6.07) is 18.8. The summed E-state index contributed by atoms with van der Waals surface area (Å²) in [4.78, 5) is 42.2. The average molecular weight is 1110 g/mol. The Kier molecular flexibility index (Phi) is 16.9. The second-order valence-corrected chi connectivity index (χ2v) is 28.5. The zero-order chi connectivity index (χ0) is 57.5. The molecule has 0 radical (unpaired) electrons. The van der Waals surface area contributed by atoms with Crippen molar-refractivity contribution < 1.29 is 62.5 Å². The summed E-state index contributed by atoms with van der Waals surface area (Å²) in [7, 11) is 0. The lowest BCUT2D eigenvalue weighted by atomic mass is 9.33. The van der Waals surface area contributed by atoms with E-state index < -0.39 is 84.5 Å². The minimum Gasteiger partial charge on any atom is -0.453 e. The first-order valence-electron chi connectivity index (χ1n) is 30.6. The molecule has 10 rings (SSSR count). The average Bonchev–Trinajstić information content (AvgIpc) is 3.45. The van der Waals surface area contributed by atoms with Crippen molar-refractivity contribution >= 4 is 18.0 Å². The van der Waals surface area contributed by atoms with Gasteiger partial charge in [0.2, 0.25) is 0 Å². The van der Waals surface area contributed by atoms with Crippen molar-refractivity contribution in [3.63, 3.8) is 0 Å². The maximum atomic E-state index is 14.3. The van der Waals surface area contributed by atoms with Crippen molar-refractivity contribution in [3.05, 3.63) is 83.4 Å². The van der Waals surface area contributed by atoms with Crippen LogP contribution in [0.1, 0.15) is 164 Å². The topological polar surface area (TPSA) is 166 Å². The van der Waals surface area contributed by atoms with Gasteiger partial charge in [-0.1, -0.05) is 136 Å². The van der Waals surface area contributed by atoms with Gasteiger partial charge in [-0.3, -0.25) is 4.79 Å². The first kappa shape index (κ1) is 59.8. The molecule has 3 aliphatic heterocycles. The zero-order valence-corrected chi connectivity index (χ0v) is 50.3. The van der Waals surface area contributed by atoms with E-state index in [-0.39, 0.29) is 75.5 Å². The standard InChI is InChI=1S/C67H96O13/c1-38-34-74-59(42(5)39(38)2)79-56-54(71)43(6)75-61(57(56)80-60-55(78-58(72)46-22-18-15-19-23-46)41(4)40(3)49(76-60)36-73-35-45-20-16-14-17-21-45)77-53-27-28-63(10)50(64(53,11)37-68)26-29-65(12)51(63)25-24-47-48-32-62(8,9)30-31-67(48,44(7)69)52(70)33-66(47,65)13/h14-24,37-43,48-57,59-61,70-71H,25-36H2,1-13H3/t38-,39+,40-,41+,42?,43?,48?,49?,50-,51?,52?,53+,54-,55?,56+,57?,59+,60+,61+,63?,64-,65?,66-,67-/m1/s1. The number of esters is 1. The molecule has 3 heterocycles. The lowest BCUT2D eigenvalue weighted by Gasteiger charge is -2.71. The second-order valence-electron chi connectivity index (χ2n) is 28.5. The van der Waals surface area contributed by atoms with E-state index in [9.17, 15) is 24.6 Å². The Bertz CT molecular complexity index is 2560. The SMILES string of the molecule is CC(=O)[C@]12CCC(C)(C)CC1C1=CCC3C4(C)CC[C@H](O[C@@H]5OC(C)[C@@H](O)[C@H](O[C@@H]6OC[C@@H](C)[C@H](C)C6C)C5O[C@@H]5OC(COCc6ccccc6)[C@H](C)[C@H](C)C5OC(=O)c5ccccc5)[C@](C)(C=O)[C@@H]4CCC3(C)[C@]1(C)CC2O. The third-order valence-corrected chi connectivity index (χ3v) is 23.7. The van der Waals surface area contributed by atoms with E-state index in [1.807, 2.05) is 43.3 Å². The number of ether oxygens (including phenoxy) is 8. The molecule has 7 fully saturated rings. The van der Waals surface area contributed by atoms with Gasteiger partial charge in [0, 0.05) is 11.8 Å². The number of hydrogen-bond acceptors (Lipinski definition) is 13. The van der Waals surface area contributed by atoms with Crippen molar-refractivity contribution in [2.45, 2.75) is 222 Å². The number of carbonyl (C=O) groups excluding carboxylic acids is 3. The number of carbonyl (C=O) groups is 3. The molecule has 442 valence electrons. The summed E-state index contributed by atoms with van der Waals surface area (Å²) in [5.74, 6) is -0.212. The number of rotatable bonds is 14. The quantitative estimate of drug-likeness (QED) is 0.0795. The Balaban J connectivity index is 0.974. The molecule has 0 spiro atoms. The molecule has 13 nitrogen and oxygen atoms in total. The van der Waals surface area contributed by atoms with Crippen LogP contribution in [0.3, 0.4) is 0 Å². The minimum atomic E-state index is -1.20. The Morgan fingerprint density at radius 2 is 1.39 bits per heavy atom. The molecule has 0 amide bonds. The summed E-state index contributed by atoms with van der Waals surface area (Å²) in [6.07, 6.45) is 0.458. The first-order chi connectivity index (χ1) is 37.8. The number of allylic oxidation sites excluding steroid dienone is 2. The van der Waals surface area contributed by atoms with Gasteiger partial charge in [-0.2, -0.15) is 0 Å². The molecule has 2 aromatic rings. The van der Waals surface area contributed by atoms with Crippen LogP contribution in [0, 0.1) is 79.8 Å². The molecule has 10 unspecified atom stereocenters. The number of benzene rings is 2. The van der Waals surface area contributed by atoms with E-state index in [2.05, 4.69) is 75.3 Å². The number of Topliss-reactive ketones (excluding diaryl/α,β-unsaturated/α-hetero) is 1. The third-order valence-electron chi connectivity index (χ3n) is 23.7. The van der Waals surface area contributed by atoms with Gasteiger partial charge in [0.1, 0.15) is 30.4 Å². The van der Waals surface area contributed by atoms with E-state index in [0.717, 1.165) is 50.4 Å². The van der Waals surface area contributed by atoms with Crippen LogP contribution in [0.2, 0.25) is 0 Å². The van der Waals surface area contributed by atoms with Gasteiger partial charge in [-0.15, -0.1) is 0 Å². The van der Waals surface area contributed by atoms with Crippen LogP contribution in [0.15, 0.2) is 72.3 Å². The Labute approximate surface area is 477 Å². The van der Waals surface area contributed by atoms with Gasteiger partial charge in [0.25, 0.3) is 0 Å². The van der Waals surface area contributed by atoms with E-state index in [1.165, 1.54) is 5.57 Å². The first-order valence-corrected chi connectivity index (χ1v) is 30.6. The maximum Gasteiger partial charge on any atom is 0.338 e. The minimum absolute atomic E-state index is 0.0138. The van der Waals surface area contributed by atoms with Crippen LogP contribution in [-0.4, -0.2) is 109 Å². The second kappa shape index (κ2) is 22.6. The molecule has 8 aliphatic rings. The molecule has 13 heteroatoms. The fourth-order valence-electron chi connectivity index (χ4n) is 17.8. The van der Waals surface area contributed by atoms with E-state index in [0.29, 0.717) is 44.0 Å². The third kappa shape index (κ3) is 10.2. The lowest BCUT2D eigenvalue weighted by Crippen LogP contribution is -2.68. The summed E-state index contributed by atoms with van der Waals surface area (Å²) in [5, 5.41) is 24.8. The van der Waals surface area contributed by atoms with Crippen molar-refractivity contribution in [1.29, 1.82) is 0 Å². The largest absolute Gasteiger partial charge is 0.453 e.